The molecule has 0 unspecified atom stereocenters. The first-order valence-corrected chi connectivity index (χ1v) is 3.28. The van der Waals surface area contributed by atoms with Crippen LogP contribution in [-0.4, -0.2) is 21.4 Å². The van der Waals surface area contributed by atoms with Gasteiger partial charge in [-0.2, -0.15) is 0 Å². The second-order valence-electron chi connectivity index (χ2n) is 1.29. The van der Waals surface area contributed by atoms with Crippen LogP contribution in [0.5, 0.6) is 0 Å². The Morgan fingerprint density at radius 2 is 2.43 bits per heavy atom. The van der Waals surface area contributed by atoms with E-state index in [1.165, 1.54) is 0 Å². The molecule has 0 saturated heterocycles. The van der Waals surface area contributed by atoms with Crippen LogP contribution in [0.3, 0.4) is 0 Å². The first-order valence-electron chi connectivity index (χ1n) is 2.42. The van der Waals surface area contributed by atoms with Gasteiger partial charge >= 0.3 is 10.0 Å². The van der Waals surface area contributed by atoms with Crippen LogP contribution in [0.25, 0.3) is 0 Å². The molecule has 0 aliphatic heterocycles. The summed E-state index contributed by atoms with van der Waals surface area (Å²) in [5, 5.41) is 0. The summed E-state index contributed by atoms with van der Waals surface area (Å²) in [5.74, 6) is 0. The van der Waals surface area contributed by atoms with Crippen molar-refractivity contribution in [2.45, 2.75) is 19.8 Å². The Balaban J connectivity index is 2.45. The minimum Gasteiger partial charge on any atom is -0.409 e. The summed E-state index contributed by atoms with van der Waals surface area (Å²) in [7, 11) is -0.332. The summed E-state index contributed by atoms with van der Waals surface area (Å²) < 4.78 is 4.66. The number of unbranched alkanes of at least 4 members (excludes halogenated alkanes) is 1. The molecule has 1 N–H and O–H groups in total. The van der Waals surface area contributed by atoms with Gasteiger partial charge in [0.2, 0.25) is 0 Å². The highest BCUT2D eigenvalue weighted by atomic mass is 28.2. The topological polar surface area (TPSA) is 29.5 Å². The van der Waals surface area contributed by atoms with Gasteiger partial charge in [-0.25, -0.2) is 0 Å². The molecule has 0 amide bonds. The third-order valence-corrected chi connectivity index (χ3v) is 0.998. The van der Waals surface area contributed by atoms with Crippen LogP contribution in [0.1, 0.15) is 19.8 Å². The lowest BCUT2D eigenvalue weighted by molar-refractivity contribution is 0.278. The lowest BCUT2D eigenvalue weighted by Gasteiger charge is -1.92. The smallest absolute Gasteiger partial charge is 0.409 e. The minimum atomic E-state index is -0.332. The van der Waals surface area contributed by atoms with Crippen molar-refractivity contribution in [3.05, 3.63) is 0 Å². The summed E-state index contributed by atoms with van der Waals surface area (Å²) in [6, 6.07) is 0. The van der Waals surface area contributed by atoms with Gasteiger partial charge in [0.15, 0.2) is 0 Å². The number of hydrogen-bond acceptors (Lipinski definition) is 2. The fourth-order valence-corrected chi connectivity index (χ4v) is 0.498. The number of rotatable bonds is 4. The van der Waals surface area contributed by atoms with E-state index < -0.39 is 0 Å². The van der Waals surface area contributed by atoms with Crippen LogP contribution in [0.4, 0.5) is 0 Å². The van der Waals surface area contributed by atoms with Crippen molar-refractivity contribution in [2.24, 2.45) is 0 Å². The first kappa shape index (κ1) is 7.14. The van der Waals surface area contributed by atoms with Gasteiger partial charge in [0.1, 0.15) is 0 Å². The quantitative estimate of drug-likeness (QED) is 0.426. The zero-order valence-electron chi connectivity index (χ0n) is 4.48. The standard InChI is InChI=1S/C4H10O2Si/c1-2-3-4-6-7-5/h5H,2-4H2,1H3. The molecule has 0 aliphatic carbocycles. The first-order chi connectivity index (χ1) is 3.41. The Morgan fingerprint density at radius 1 is 1.71 bits per heavy atom. The molecule has 0 aliphatic rings. The van der Waals surface area contributed by atoms with E-state index in [0.717, 1.165) is 12.8 Å². The highest BCUT2D eigenvalue weighted by molar-refractivity contribution is 6.15. The van der Waals surface area contributed by atoms with Gasteiger partial charge in [0.25, 0.3) is 0 Å². The molecule has 0 heterocycles. The highest BCUT2D eigenvalue weighted by Gasteiger charge is 1.82. The van der Waals surface area contributed by atoms with Gasteiger partial charge < -0.3 is 9.22 Å². The third kappa shape index (κ3) is 6.14. The fraction of sp³-hybridized carbons (Fsp3) is 1.00. The zero-order valence-corrected chi connectivity index (χ0v) is 5.48. The summed E-state index contributed by atoms with van der Waals surface area (Å²) >= 11 is 0. The molecule has 0 spiro atoms. The van der Waals surface area contributed by atoms with Crippen molar-refractivity contribution >= 4 is 10.0 Å². The van der Waals surface area contributed by atoms with E-state index in [1.54, 1.807) is 0 Å². The second-order valence-corrected chi connectivity index (χ2v) is 1.76. The Bertz CT molecular complexity index is 28.9. The predicted molar refractivity (Wildman–Crippen MR) is 28.8 cm³/mol. The summed E-state index contributed by atoms with van der Waals surface area (Å²) in [6.07, 6.45) is 2.18. The van der Waals surface area contributed by atoms with Crippen molar-refractivity contribution in [3.8, 4) is 0 Å². The fourth-order valence-electron chi connectivity index (χ4n) is 0.262. The van der Waals surface area contributed by atoms with Crippen molar-refractivity contribution in [1.82, 2.24) is 0 Å². The summed E-state index contributed by atoms with van der Waals surface area (Å²) in [5.41, 5.74) is 0. The van der Waals surface area contributed by atoms with Gasteiger partial charge in [-0.3, -0.25) is 0 Å². The number of hydrogen-bond donors (Lipinski definition) is 1. The van der Waals surface area contributed by atoms with Crippen LogP contribution in [0, 0.1) is 0 Å². The maximum atomic E-state index is 8.10. The van der Waals surface area contributed by atoms with Crippen LogP contribution in [0.15, 0.2) is 0 Å². The minimum absolute atomic E-state index is 0.332. The Labute approximate surface area is 46.6 Å². The van der Waals surface area contributed by atoms with Crippen molar-refractivity contribution < 1.29 is 9.22 Å². The van der Waals surface area contributed by atoms with E-state index in [4.69, 9.17) is 4.80 Å². The normalized spacial score (nSPS) is 9.43. The molecule has 0 aromatic carbocycles. The molecule has 42 valence electrons. The molecular weight excluding hydrogens is 108 g/mol. The van der Waals surface area contributed by atoms with E-state index in [9.17, 15) is 0 Å². The van der Waals surface area contributed by atoms with E-state index in [1.807, 2.05) is 0 Å². The maximum absolute atomic E-state index is 8.10. The molecule has 2 nitrogen and oxygen atoms in total. The van der Waals surface area contributed by atoms with Gasteiger partial charge in [-0.15, -0.1) is 0 Å². The second kappa shape index (κ2) is 6.14. The summed E-state index contributed by atoms with van der Waals surface area (Å²) in [4.78, 5) is 8.10. The van der Waals surface area contributed by atoms with Gasteiger partial charge in [0, 0.05) is 6.61 Å². The molecule has 2 radical (unpaired) electrons. The Hall–Kier alpha value is 0.137. The van der Waals surface area contributed by atoms with Gasteiger partial charge in [-0.1, -0.05) is 13.3 Å². The molecule has 0 atom stereocenters. The van der Waals surface area contributed by atoms with E-state index in [0.29, 0.717) is 6.61 Å². The van der Waals surface area contributed by atoms with Crippen molar-refractivity contribution in [1.29, 1.82) is 0 Å². The molecule has 3 heteroatoms. The molecular formula is C4H10O2Si. The molecule has 0 bridgehead atoms. The van der Waals surface area contributed by atoms with Crippen molar-refractivity contribution in [3.63, 3.8) is 0 Å². The molecule has 0 fully saturated rings. The summed E-state index contributed by atoms with van der Waals surface area (Å²) in [6.45, 7) is 2.79. The molecule has 0 aromatic rings. The zero-order chi connectivity index (χ0) is 5.54. The lowest BCUT2D eigenvalue weighted by Crippen LogP contribution is -1.97. The van der Waals surface area contributed by atoms with Crippen LogP contribution in [0.2, 0.25) is 0 Å². The Kier molecular flexibility index (Phi) is 6.26. The van der Waals surface area contributed by atoms with Crippen LogP contribution in [-0.2, 0) is 4.43 Å². The molecule has 0 aromatic heterocycles. The van der Waals surface area contributed by atoms with Gasteiger partial charge in [-0.05, 0) is 6.42 Å². The average Bonchev–Trinajstić information content (AvgIpc) is 1.69. The third-order valence-electron chi connectivity index (χ3n) is 0.665. The van der Waals surface area contributed by atoms with E-state index in [2.05, 4.69) is 11.3 Å². The molecule has 0 rings (SSSR count). The van der Waals surface area contributed by atoms with E-state index in [-0.39, 0.29) is 10.0 Å². The molecule has 0 saturated carbocycles. The largest absolute Gasteiger partial charge is 0.430 e. The average molecular weight is 118 g/mol. The van der Waals surface area contributed by atoms with Gasteiger partial charge in [0.05, 0.1) is 0 Å². The Morgan fingerprint density at radius 3 is 2.86 bits per heavy atom. The monoisotopic (exact) mass is 118 g/mol. The lowest BCUT2D eigenvalue weighted by atomic mass is 10.4. The SMILES string of the molecule is CCCCO[Si]O. The highest BCUT2D eigenvalue weighted by Crippen LogP contribution is 1.84. The van der Waals surface area contributed by atoms with Crippen LogP contribution >= 0.6 is 0 Å². The van der Waals surface area contributed by atoms with E-state index >= 15 is 0 Å². The maximum Gasteiger partial charge on any atom is 0.430 e. The predicted octanol–water partition coefficient (Wildman–Crippen LogP) is 0.330. The van der Waals surface area contributed by atoms with Crippen LogP contribution < -0.4 is 0 Å². The van der Waals surface area contributed by atoms with Crippen molar-refractivity contribution in [2.75, 3.05) is 6.61 Å². The molecule has 7 heavy (non-hydrogen) atoms.